The normalized spacial score (nSPS) is 10.9. The van der Waals surface area contributed by atoms with Crippen LogP contribution in [0.3, 0.4) is 0 Å². The third kappa shape index (κ3) is 4.13. The summed E-state index contributed by atoms with van der Waals surface area (Å²) in [5, 5.41) is 4.61. The second-order valence-corrected chi connectivity index (χ2v) is 6.05. The molecule has 0 saturated carbocycles. The molecule has 132 valence electrons. The van der Waals surface area contributed by atoms with Crippen LogP contribution in [0.4, 0.5) is 0 Å². The van der Waals surface area contributed by atoms with Crippen molar-refractivity contribution >= 4 is 23.7 Å². The highest BCUT2D eigenvalue weighted by molar-refractivity contribution is 6.30. The lowest BCUT2D eigenvalue weighted by atomic mass is 10.1. The average Bonchev–Trinajstić information content (AvgIpc) is 3.11. The summed E-state index contributed by atoms with van der Waals surface area (Å²) in [6.45, 7) is 1.93. The molecule has 2 aromatic carbocycles. The van der Waals surface area contributed by atoms with Crippen LogP contribution in [0.1, 0.15) is 21.7 Å². The molecule has 0 aliphatic carbocycles. The fraction of sp³-hybridized carbons (Fsp3) is 0.100. The number of methoxy groups -OCH3 is 1. The lowest BCUT2D eigenvalue weighted by Gasteiger charge is -2.07. The number of nitrogens with one attached hydrogen (secondary N) is 1. The highest BCUT2D eigenvalue weighted by atomic mass is 35.5. The van der Waals surface area contributed by atoms with Gasteiger partial charge >= 0.3 is 0 Å². The Morgan fingerprint density at radius 3 is 2.65 bits per heavy atom. The lowest BCUT2D eigenvalue weighted by Crippen LogP contribution is -2.18. The van der Waals surface area contributed by atoms with Crippen molar-refractivity contribution in [1.29, 1.82) is 0 Å². The third-order valence-corrected chi connectivity index (χ3v) is 3.97. The van der Waals surface area contributed by atoms with Crippen LogP contribution in [0.25, 0.3) is 11.3 Å². The summed E-state index contributed by atoms with van der Waals surface area (Å²) in [5.41, 5.74) is 4.80. The van der Waals surface area contributed by atoms with Gasteiger partial charge in [0, 0.05) is 10.6 Å². The number of hydrazone groups is 1. The maximum absolute atomic E-state index is 12.2. The Kier molecular flexibility index (Phi) is 5.39. The summed E-state index contributed by atoms with van der Waals surface area (Å²) in [4.78, 5) is 12.2. The van der Waals surface area contributed by atoms with Gasteiger partial charge in [-0.15, -0.1) is 0 Å². The Morgan fingerprint density at radius 2 is 1.92 bits per heavy atom. The number of rotatable bonds is 5. The minimum absolute atomic E-state index is 0.359. The number of ether oxygens (including phenoxy) is 1. The molecule has 1 N–H and O–H groups in total. The molecule has 26 heavy (non-hydrogen) atoms. The van der Waals surface area contributed by atoms with Crippen LogP contribution < -0.4 is 10.2 Å². The van der Waals surface area contributed by atoms with Crippen molar-refractivity contribution in [3.63, 3.8) is 0 Å². The first-order chi connectivity index (χ1) is 12.6. The number of hydrogen-bond donors (Lipinski definition) is 1. The van der Waals surface area contributed by atoms with E-state index in [1.165, 1.54) is 13.3 Å². The van der Waals surface area contributed by atoms with Crippen molar-refractivity contribution < 1.29 is 13.9 Å². The first kappa shape index (κ1) is 17.8. The monoisotopic (exact) mass is 368 g/mol. The number of aryl methyl sites for hydroxylation is 1. The van der Waals surface area contributed by atoms with Gasteiger partial charge in [0.15, 0.2) is 0 Å². The second-order valence-electron chi connectivity index (χ2n) is 5.61. The highest BCUT2D eigenvalue weighted by Crippen LogP contribution is 2.23. The molecule has 1 amide bonds. The number of carbonyl (C=O) groups is 1. The van der Waals surface area contributed by atoms with E-state index in [1.54, 1.807) is 30.3 Å². The van der Waals surface area contributed by atoms with Gasteiger partial charge in [0.25, 0.3) is 5.91 Å². The topological polar surface area (TPSA) is 63.8 Å². The molecule has 0 fully saturated rings. The van der Waals surface area contributed by atoms with E-state index in [-0.39, 0.29) is 5.91 Å². The fourth-order valence-electron chi connectivity index (χ4n) is 2.39. The molecule has 0 saturated heterocycles. The van der Waals surface area contributed by atoms with Crippen molar-refractivity contribution in [3.05, 3.63) is 76.5 Å². The molecule has 1 aromatic heterocycles. The predicted molar refractivity (Wildman–Crippen MR) is 102 cm³/mol. The van der Waals surface area contributed by atoms with Crippen molar-refractivity contribution in [1.82, 2.24) is 5.43 Å². The van der Waals surface area contributed by atoms with E-state index in [4.69, 9.17) is 20.8 Å². The van der Waals surface area contributed by atoms with Gasteiger partial charge in [0.05, 0.1) is 18.9 Å². The van der Waals surface area contributed by atoms with Crippen LogP contribution in [0.15, 0.2) is 64.1 Å². The Balaban J connectivity index is 1.67. The van der Waals surface area contributed by atoms with Gasteiger partial charge in [-0.25, -0.2) is 5.43 Å². The molecule has 3 aromatic rings. The maximum atomic E-state index is 12.2. The quantitative estimate of drug-likeness (QED) is 0.525. The van der Waals surface area contributed by atoms with Gasteiger partial charge in [-0.05, 0) is 61.0 Å². The minimum Gasteiger partial charge on any atom is -0.496 e. The minimum atomic E-state index is -0.359. The smallest absolute Gasteiger partial charge is 0.275 e. The zero-order chi connectivity index (χ0) is 18.5. The average molecular weight is 369 g/mol. The highest BCUT2D eigenvalue weighted by Gasteiger charge is 2.11. The molecule has 0 spiro atoms. The first-order valence-electron chi connectivity index (χ1n) is 7.90. The molecule has 0 aliphatic heterocycles. The summed E-state index contributed by atoms with van der Waals surface area (Å²) in [7, 11) is 1.52. The number of amides is 1. The van der Waals surface area contributed by atoms with E-state index in [0.29, 0.717) is 27.9 Å². The molecule has 0 bridgehead atoms. The summed E-state index contributed by atoms with van der Waals surface area (Å²) < 4.78 is 10.9. The first-order valence-corrected chi connectivity index (χ1v) is 8.28. The number of furan rings is 1. The summed E-state index contributed by atoms with van der Waals surface area (Å²) >= 11 is 5.88. The Hall–Kier alpha value is -3.05. The van der Waals surface area contributed by atoms with Crippen LogP contribution in [-0.2, 0) is 0 Å². The molecule has 0 radical (unpaired) electrons. The molecule has 1 heterocycles. The van der Waals surface area contributed by atoms with Crippen LogP contribution in [0.2, 0.25) is 5.02 Å². The van der Waals surface area contributed by atoms with Gasteiger partial charge in [-0.3, -0.25) is 4.79 Å². The maximum Gasteiger partial charge on any atom is 0.275 e. The summed E-state index contributed by atoms with van der Waals surface area (Å²) in [5.74, 6) is 1.35. The number of nitrogens with zero attached hydrogens (tertiary/aromatic N) is 1. The number of hydrogen-bond acceptors (Lipinski definition) is 4. The largest absolute Gasteiger partial charge is 0.496 e. The molecule has 5 nitrogen and oxygen atoms in total. The Bertz CT molecular complexity index is 946. The zero-order valence-corrected chi connectivity index (χ0v) is 15.1. The Morgan fingerprint density at radius 1 is 1.15 bits per heavy atom. The molecule has 6 heteroatoms. The number of benzene rings is 2. The van der Waals surface area contributed by atoms with E-state index in [9.17, 15) is 4.79 Å². The predicted octanol–water partition coefficient (Wildman–Crippen LogP) is 4.68. The fourth-order valence-corrected chi connectivity index (χ4v) is 2.52. The summed E-state index contributed by atoms with van der Waals surface area (Å²) in [6, 6.07) is 16.3. The Labute approximate surface area is 156 Å². The van der Waals surface area contributed by atoms with Crippen molar-refractivity contribution in [3.8, 4) is 17.1 Å². The van der Waals surface area contributed by atoms with Crippen molar-refractivity contribution in [2.75, 3.05) is 7.11 Å². The van der Waals surface area contributed by atoms with Crippen LogP contribution >= 0.6 is 11.6 Å². The lowest BCUT2D eigenvalue weighted by molar-refractivity contribution is 0.0952. The van der Waals surface area contributed by atoms with E-state index >= 15 is 0 Å². The van der Waals surface area contributed by atoms with E-state index in [1.807, 2.05) is 31.2 Å². The van der Waals surface area contributed by atoms with E-state index in [0.717, 1.165) is 11.1 Å². The van der Waals surface area contributed by atoms with Gasteiger partial charge < -0.3 is 9.15 Å². The summed E-state index contributed by atoms with van der Waals surface area (Å²) in [6.07, 6.45) is 1.44. The molecular weight excluding hydrogens is 352 g/mol. The number of carbonyl (C=O) groups excluding carboxylic acids is 1. The zero-order valence-electron chi connectivity index (χ0n) is 14.3. The van der Waals surface area contributed by atoms with Crippen LogP contribution in [-0.4, -0.2) is 19.2 Å². The van der Waals surface area contributed by atoms with E-state index < -0.39 is 0 Å². The molecule has 0 aliphatic rings. The standard InChI is InChI=1S/C20H17ClN2O3/c1-13-3-9-17(19(11-13)25-2)20(24)23-22-12-16-8-10-18(26-16)14-4-6-15(21)7-5-14/h3-12H,1-2H3,(H,23,24)/b22-12-. The molecule has 3 rings (SSSR count). The van der Waals surface area contributed by atoms with Gasteiger partial charge in [-0.1, -0.05) is 17.7 Å². The van der Waals surface area contributed by atoms with Crippen LogP contribution in [0.5, 0.6) is 5.75 Å². The third-order valence-electron chi connectivity index (χ3n) is 3.72. The van der Waals surface area contributed by atoms with Gasteiger partial charge in [-0.2, -0.15) is 5.10 Å². The SMILES string of the molecule is COc1cc(C)ccc1C(=O)N/N=C\c1ccc(-c2ccc(Cl)cc2)o1. The molecular formula is C20H17ClN2O3. The van der Waals surface area contributed by atoms with E-state index in [2.05, 4.69) is 10.5 Å². The van der Waals surface area contributed by atoms with Crippen LogP contribution in [0, 0.1) is 6.92 Å². The van der Waals surface area contributed by atoms with Gasteiger partial charge in [0.1, 0.15) is 17.3 Å². The van der Waals surface area contributed by atoms with Crippen molar-refractivity contribution in [2.45, 2.75) is 6.92 Å². The second kappa shape index (κ2) is 7.89. The van der Waals surface area contributed by atoms with Crippen molar-refractivity contribution in [2.24, 2.45) is 5.10 Å². The molecule has 0 atom stereocenters. The molecule has 0 unspecified atom stereocenters. The number of halogens is 1. The van der Waals surface area contributed by atoms with Gasteiger partial charge in [0.2, 0.25) is 0 Å².